The van der Waals surface area contributed by atoms with Gasteiger partial charge in [0.25, 0.3) is 0 Å². The monoisotopic (exact) mass is 519 g/mol. The number of aryl methyl sites for hydroxylation is 1. The lowest BCUT2D eigenvalue weighted by Gasteiger charge is -2.36. The van der Waals surface area contributed by atoms with Crippen molar-refractivity contribution in [2.75, 3.05) is 20.1 Å². The lowest BCUT2D eigenvalue weighted by molar-refractivity contribution is -0.141. The van der Waals surface area contributed by atoms with Crippen LogP contribution in [0, 0.1) is 18.3 Å². The Balaban J connectivity index is 1.91. The molecule has 2 aliphatic rings. The number of carbonyl (C=O) groups excluding carboxylic acids is 1. The predicted molar refractivity (Wildman–Crippen MR) is 129 cm³/mol. The summed E-state index contributed by atoms with van der Waals surface area (Å²) in [6.07, 6.45) is 1.08. The van der Waals surface area contributed by atoms with Crippen molar-refractivity contribution in [2.45, 2.75) is 38.2 Å². The van der Waals surface area contributed by atoms with Crippen LogP contribution < -0.4 is 5.32 Å². The summed E-state index contributed by atoms with van der Waals surface area (Å²) in [6, 6.07) is 2.17. The smallest absolute Gasteiger partial charge is 0.333 e. The maximum atomic E-state index is 15.5. The summed E-state index contributed by atoms with van der Waals surface area (Å²) >= 11 is 1.26. The number of hydrogen-bond donors (Lipinski definition) is 1. The van der Waals surface area contributed by atoms with Crippen molar-refractivity contribution in [3.05, 3.63) is 68.2 Å². The first-order valence-corrected chi connectivity index (χ1v) is 12.2. The van der Waals surface area contributed by atoms with E-state index in [4.69, 9.17) is 0 Å². The number of likely N-dealkylation sites (N-methyl/N-ethyl adjacent to an activating group) is 1. The molecule has 0 fully saturated rings. The van der Waals surface area contributed by atoms with Gasteiger partial charge in [-0.3, -0.25) is 9.48 Å². The number of hydrogen-bond acceptors (Lipinski definition) is 5. The van der Waals surface area contributed by atoms with Crippen molar-refractivity contribution < 1.29 is 22.4 Å². The van der Waals surface area contributed by atoms with Crippen LogP contribution in [0.3, 0.4) is 0 Å². The van der Waals surface area contributed by atoms with Gasteiger partial charge in [-0.15, -0.1) is 11.3 Å². The minimum Gasteiger partial charge on any atom is -0.333 e. The van der Waals surface area contributed by atoms with Gasteiger partial charge >= 0.3 is 6.18 Å². The largest absolute Gasteiger partial charge is 0.435 e. The lowest BCUT2D eigenvalue weighted by atomic mass is 9.78. The number of nitrogens with one attached hydrogen (secondary N) is 1. The first-order valence-electron chi connectivity index (χ1n) is 11.3. The van der Waals surface area contributed by atoms with Crippen molar-refractivity contribution >= 4 is 22.8 Å². The second-order valence-corrected chi connectivity index (χ2v) is 9.88. The zero-order valence-electron chi connectivity index (χ0n) is 20.0. The minimum absolute atomic E-state index is 0.0634. The van der Waals surface area contributed by atoms with E-state index in [1.54, 1.807) is 37.1 Å². The van der Waals surface area contributed by atoms with Crippen LogP contribution >= 0.6 is 11.3 Å². The van der Waals surface area contributed by atoms with Gasteiger partial charge in [-0.2, -0.15) is 23.5 Å². The van der Waals surface area contributed by atoms with Gasteiger partial charge in [-0.25, -0.2) is 4.39 Å². The predicted octanol–water partition coefficient (Wildman–Crippen LogP) is 4.63. The highest BCUT2D eigenvalue weighted by Crippen LogP contribution is 2.47. The third kappa shape index (κ3) is 4.75. The van der Waals surface area contributed by atoms with Gasteiger partial charge in [-0.1, -0.05) is 18.2 Å². The number of allylic oxidation sites excluding steroid dienone is 3. The first-order chi connectivity index (χ1) is 17.1. The number of nitriles is 1. The van der Waals surface area contributed by atoms with Crippen LogP contribution in [0.15, 0.2) is 36.1 Å². The van der Waals surface area contributed by atoms with E-state index in [-0.39, 0.29) is 36.6 Å². The van der Waals surface area contributed by atoms with Gasteiger partial charge in [0, 0.05) is 60.8 Å². The summed E-state index contributed by atoms with van der Waals surface area (Å²) < 4.78 is 58.0. The van der Waals surface area contributed by atoms with Crippen LogP contribution in [-0.4, -0.2) is 46.9 Å². The molecule has 4 rings (SSSR count). The molecule has 1 aliphatic carbocycles. The molecule has 0 spiro atoms. The summed E-state index contributed by atoms with van der Waals surface area (Å²) in [5.41, 5.74) is 0.346. The highest BCUT2D eigenvalue weighted by molar-refractivity contribution is 7.12. The van der Waals surface area contributed by atoms with E-state index in [2.05, 4.69) is 16.5 Å². The number of halogens is 4. The summed E-state index contributed by atoms with van der Waals surface area (Å²) in [5.74, 6) is -0.860. The fourth-order valence-electron chi connectivity index (χ4n) is 4.85. The Hall–Kier alpha value is -3.23. The molecule has 0 aromatic carbocycles. The van der Waals surface area contributed by atoms with Crippen LogP contribution in [0.4, 0.5) is 17.6 Å². The standard InChI is InChI=1S/C25H25F4N5OS/c1-14-19(10-30)36-20-13-34(21(35)8-5-9-31-2)12-16(22(14)20)15-6-4-7-18(26)23(15)17-11-33(3)32-24(17)25(27,28)29/h4-6,8,11,16,18,31H,7,9,12-13H2,1-3H3/b8-5+/t16-,18?/m0/s1. The highest BCUT2D eigenvalue weighted by Gasteiger charge is 2.42. The molecule has 1 N–H and O–H groups in total. The van der Waals surface area contributed by atoms with Crippen LogP contribution in [-0.2, 0) is 24.6 Å². The lowest BCUT2D eigenvalue weighted by Crippen LogP contribution is -2.38. The second kappa shape index (κ2) is 10.0. The topological polar surface area (TPSA) is 74.0 Å². The van der Waals surface area contributed by atoms with E-state index < -0.39 is 24.0 Å². The molecule has 0 bridgehead atoms. The molecule has 0 saturated heterocycles. The van der Waals surface area contributed by atoms with Gasteiger partial charge in [0.15, 0.2) is 5.69 Å². The zero-order chi connectivity index (χ0) is 26.2. The maximum absolute atomic E-state index is 15.5. The molecular formula is C25H25F4N5OS. The van der Waals surface area contributed by atoms with Crippen LogP contribution in [0.2, 0.25) is 0 Å². The van der Waals surface area contributed by atoms with E-state index in [1.807, 2.05) is 0 Å². The molecule has 3 heterocycles. The number of alkyl halides is 4. The van der Waals surface area contributed by atoms with Gasteiger partial charge in [0.2, 0.25) is 5.91 Å². The Morgan fingerprint density at radius 3 is 2.83 bits per heavy atom. The first kappa shape index (κ1) is 25.9. The quantitative estimate of drug-likeness (QED) is 0.462. The normalized spacial score (nSPS) is 20.2. The molecule has 0 saturated carbocycles. The van der Waals surface area contributed by atoms with Gasteiger partial charge in [-0.05, 0) is 30.7 Å². The highest BCUT2D eigenvalue weighted by atomic mass is 32.1. The summed E-state index contributed by atoms with van der Waals surface area (Å²) in [4.78, 5) is 15.8. The molecule has 2 aromatic heterocycles. The molecular weight excluding hydrogens is 494 g/mol. The average Bonchev–Trinajstić information content (AvgIpc) is 3.38. The van der Waals surface area contributed by atoms with E-state index in [0.29, 0.717) is 22.6 Å². The van der Waals surface area contributed by atoms with Gasteiger partial charge in [0.05, 0.1) is 6.54 Å². The van der Waals surface area contributed by atoms with Crippen molar-refractivity contribution in [3.8, 4) is 6.07 Å². The van der Waals surface area contributed by atoms with E-state index in [0.717, 1.165) is 15.1 Å². The molecule has 1 aliphatic heterocycles. The minimum atomic E-state index is -4.76. The Kier molecular flexibility index (Phi) is 7.20. The summed E-state index contributed by atoms with van der Waals surface area (Å²) in [6.45, 7) is 2.70. The van der Waals surface area contributed by atoms with Gasteiger partial charge < -0.3 is 10.2 Å². The number of amides is 1. The molecule has 190 valence electrons. The molecule has 1 amide bonds. The van der Waals surface area contributed by atoms with Crippen LogP contribution in [0.25, 0.3) is 5.57 Å². The Morgan fingerprint density at radius 2 is 2.17 bits per heavy atom. The Labute approximate surface area is 210 Å². The fourth-order valence-corrected chi connectivity index (χ4v) is 6.03. The Morgan fingerprint density at radius 1 is 1.42 bits per heavy atom. The van der Waals surface area contributed by atoms with E-state index in [9.17, 15) is 23.2 Å². The molecule has 36 heavy (non-hydrogen) atoms. The summed E-state index contributed by atoms with van der Waals surface area (Å²) in [5, 5.41) is 16.1. The molecule has 11 heteroatoms. The maximum Gasteiger partial charge on any atom is 0.435 e. The molecule has 2 aromatic rings. The fraction of sp³-hybridized carbons (Fsp3) is 0.400. The van der Waals surface area contributed by atoms with Crippen molar-refractivity contribution in [3.63, 3.8) is 0 Å². The zero-order valence-corrected chi connectivity index (χ0v) is 20.8. The average molecular weight is 520 g/mol. The number of aromatic nitrogens is 2. The number of fused-ring (bicyclic) bond motifs is 1. The number of carbonyl (C=O) groups is 1. The van der Waals surface area contributed by atoms with Crippen LogP contribution in [0.1, 0.15) is 44.5 Å². The third-order valence-corrected chi connectivity index (χ3v) is 7.58. The molecule has 0 radical (unpaired) electrons. The number of thiophene rings is 1. The molecule has 1 unspecified atom stereocenters. The molecule has 2 atom stereocenters. The van der Waals surface area contributed by atoms with Crippen molar-refractivity contribution in [1.82, 2.24) is 20.0 Å². The van der Waals surface area contributed by atoms with E-state index in [1.165, 1.54) is 30.7 Å². The van der Waals surface area contributed by atoms with Crippen molar-refractivity contribution in [2.24, 2.45) is 7.05 Å². The number of nitrogens with zero attached hydrogens (tertiary/aromatic N) is 4. The second-order valence-electron chi connectivity index (χ2n) is 8.77. The SMILES string of the molecule is CNC/C=C/C(=O)N1Cc2sc(C#N)c(C)c2[C@H](C2=C(c3cn(C)nc3C(F)(F)F)C(F)CC=C2)C1. The molecule has 6 nitrogen and oxygen atoms in total. The number of rotatable bonds is 5. The Bertz CT molecular complexity index is 1310. The third-order valence-electron chi connectivity index (χ3n) is 6.38. The summed E-state index contributed by atoms with van der Waals surface area (Å²) in [7, 11) is 3.12. The van der Waals surface area contributed by atoms with Crippen LogP contribution in [0.5, 0.6) is 0 Å². The van der Waals surface area contributed by atoms with E-state index >= 15 is 4.39 Å². The van der Waals surface area contributed by atoms with Gasteiger partial charge in [0.1, 0.15) is 17.1 Å². The van der Waals surface area contributed by atoms with Crippen molar-refractivity contribution in [1.29, 1.82) is 5.26 Å².